The third-order valence-electron chi connectivity index (χ3n) is 4.56. The summed E-state index contributed by atoms with van der Waals surface area (Å²) in [6.45, 7) is 3.21. The second-order valence-electron chi connectivity index (χ2n) is 6.49. The van der Waals surface area contributed by atoms with Crippen molar-refractivity contribution in [1.29, 1.82) is 0 Å². The van der Waals surface area contributed by atoms with Crippen LogP contribution in [0.15, 0.2) is 42.5 Å². The highest BCUT2D eigenvalue weighted by Gasteiger charge is 2.21. The molecule has 1 fully saturated rings. The van der Waals surface area contributed by atoms with E-state index in [4.69, 9.17) is 9.47 Å². The summed E-state index contributed by atoms with van der Waals surface area (Å²) in [5.41, 5.74) is 1.05. The number of benzene rings is 2. The molecule has 1 aliphatic rings. The van der Waals surface area contributed by atoms with Crippen LogP contribution in [-0.2, 0) is 6.54 Å². The zero-order valence-electron chi connectivity index (χ0n) is 14.5. The van der Waals surface area contributed by atoms with Crippen LogP contribution in [0.4, 0.5) is 4.39 Å². The van der Waals surface area contributed by atoms with Crippen molar-refractivity contribution in [3.05, 3.63) is 53.8 Å². The molecule has 5 heteroatoms. The van der Waals surface area contributed by atoms with E-state index < -0.39 is 0 Å². The summed E-state index contributed by atoms with van der Waals surface area (Å²) in [6.07, 6.45) is 2.17. The maximum absolute atomic E-state index is 13.6. The molecule has 1 atom stereocenters. The maximum atomic E-state index is 13.6. The smallest absolute Gasteiger partial charge is 0.165 e. The van der Waals surface area contributed by atoms with Crippen LogP contribution >= 0.6 is 0 Å². The molecule has 0 spiro atoms. The Bertz CT molecular complexity index is 707. The first-order chi connectivity index (χ1) is 12.2. The molecular weight excluding hydrogens is 321 g/mol. The second-order valence-corrected chi connectivity index (χ2v) is 6.49. The van der Waals surface area contributed by atoms with Crippen molar-refractivity contribution in [2.45, 2.75) is 19.4 Å². The number of likely N-dealkylation sites (tertiary alicyclic amines) is 1. The minimum atomic E-state index is -0.316. The number of phenols is 1. The van der Waals surface area contributed by atoms with Crippen LogP contribution in [0.25, 0.3) is 0 Å². The van der Waals surface area contributed by atoms with Crippen LogP contribution in [-0.4, -0.2) is 36.8 Å². The topological polar surface area (TPSA) is 41.9 Å². The molecule has 0 radical (unpaired) electrons. The van der Waals surface area contributed by atoms with Gasteiger partial charge in [0.15, 0.2) is 23.1 Å². The van der Waals surface area contributed by atoms with E-state index in [2.05, 4.69) is 4.90 Å². The number of para-hydroxylation sites is 1. The van der Waals surface area contributed by atoms with Crippen LogP contribution in [0.5, 0.6) is 17.2 Å². The van der Waals surface area contributed by atoms with Crippen molar-refractivity contribution in [2.24, 2.45) is 5.92 Å². The van der Waals surface area contributed by atoms with Crippen LogP contribution in [0.2, 0.25) is 0 Å². The number of aromatic hydroxyl groups is 1. The third kappa shape index (κ3) is 4.63. The van der Waals surface area contributed by atoms with Gasteiger partial charge in [-0.2, -0.15) is 0 Å². The van der Waals surface area contributed by atoms with Gasteiger partial charge in [-0.3, -0.25) is 4.90 Å². The standard InChI is InChI=1S/C20H24FNO3/c1-24-20-9-8-15(11-18(20)23)12-22-10-4-5-16(13-22)14-25-19-7-3-2-6-17(19)21/h2-3,6-9,11,16,23H,4-5,10,12-14H2,1H3. The van der Waals surface area contributed by atoms with Gasteiger partial charge >= 0.3 is 0 Å². The Labute approximate surface area is 147 Å². The first-order valence-corrected chi connectivity index (χ1v) is 8.61. The van der Waals surface area contributed by atoms with Gasteiger partial charge in [-0.25, -0.2) is 4.39 Å². The summed E-state index contributed by atoms with van der Waals surface area (Å²) in [4.78, 5) is 2.35. The van der Waals surface area contributed by atoms with E-state index >= 15 is 0 Å². The fourth-order valence-corrected chi connectivity index (χ4v) is 3.29. The fourth-order valence-electron chi connectivity index (χ4n) is 3.29. The van der Waals surface area contributed by atoms with E-state index in [1.54, 1.807) is 37.4 Å². The molecule has 0 bridgehead atoms. The molecule has 1 N–H and O–H groups in total. The summed E-state index contributed by atoms with van der Waals surface area (Å²) in [5, 5.41) is 9.91. The molecule has 1 saturated heterocycles. The Balaban J connectivity index is 1.54. The van der Waals surface area contributed by atoms with Crippen molar-refractivity contribution in [3.8, 4) is 17.2 Å². The lowest BCUT2D eigenvalue weighted by Crippen LogP contribution is -2.37. The first-order valence-electron chi connectivity index (χ1n) is 8.61. The molecule has 134 valence electrons. The highest BCUT2D eigenvalue weighted by atomic mass is 19.1. The van der Waals surface area contributed by atoms with E-state index in [-0.39, 0.29) is 11.6 Å². The average molecular weight is 345 g/mol. The lowest BCUT2D eigenvalue weighted by molar-refractivity contribution is 0.123. The molecule has 3 rings (SSSR count). The summed E-state index contributed by atoms with van der Waals surface area (Å²) < 4.78 is 24.4. The molecule has 0 aliphatic carbocycles. The predicted octanol–water partition coefficient (Wildman–Crippen LogP) is 3.83. The minimum Gasteiger partial charge on any atom is -0.504 e. The van der Waals surface area contributed by atoms with Crippen molar-refractivity contribution < 1.29 is 19.0 Å². The quantitative estimate of drug-likeness (QED) is 0.864. The third-order valence-corrected chi connectivity index (χ3v) is 4.56. The van der Waals surface area contributed by atoms with E-state index in [0.717, 1.165) is 38.0 Å². The van der Waals surface area contributed by atoms with Gasteiger partial charge in [-0.05, 0) is 49.2 Å². The second kappa shape index (κ2) is 8.21. The number of hydrogen-bond acceptors (Lipinski definition) is 4. The molecule has 25 heavy (non-hydrogen) atoms. The Morgan fingerprint density at radius 1 is 1.20 bits per heavy atom. The Kier molecular flexibility index (Phi) is 5.76. The molecule has 0 saturated carbocycles. The lowest BCUT2D eigenvalue weighted by atomic mass is 9.98. The van der Waals surface area contributed by atoms with Crippen LogP contribution in [0.3, 0.4) is 0 Å². The van der Waals surface area contributed by atoms with Crippen LogP contribution in [0, 0.1) is 11.7 Å². The zero-order chi connectivity index (χ0) is 17.6. The van der Waals surface area contributed by atoms with Gasteiger partial charge in [0.1, 0.15) is 0 Å². The first kappa shape index (κ1) is 17.5. The Morgan fingerprint density at radius 2 is 2.04 bits per heavy atom. The van der Waals surface area contributed by atoms with Gasteiger partial charge in [0, 0.05) is 19.0 Å². The lowest BCUT2D eigenvalue weighted by Gasteiger charge is -2.32. The van der Waals surface area contributed by atoms with Crippen molar-refractivity contribution in [1.82, 2.24) is 4.90 Å². The summed E-state index contributed by atoms with van der Waals surface area (Å²) >= 11 is 0. The monoisotopic (exact) mass is 345 g/mol. The summed E-state index contributed by atoms with van der Waals surface area (Å²) in [6, 6.07) is 12.0. The fraction of sp³-hybridized carbons (Fsp3) is 0.400. The molecular formula is C20H24FNO3. The number of ether oxygens (including phenoxy) is 2. The number of phenolic OH excluding ortho intramolecular Hbond substituents is 1. The number of hydrogen-bond donors (Lipinski definition) is 1. The normalized spacial score (nSPS) is 18.1. The molecule has 1 unspecified atom stereocenters. The van der Waals surface area contributed by atoms with Crippen LogP contribution in [0.1, 0.15) is 18.4 Å². The number of nitrogens with zero attached hydrogens (tertiary/aromatic N) is 1. The van der Waals surface area contributed by atoms with Gasteiger partial charge in [-0.15, -0.1) is 0 Å². The maximum Gasteiger partial charge on any atom is 0.165 e. The molecule has 2 aromatic carbocycles. The van der Waals surface area contributed by atoms with E-state index in [9.17, 15) is 9.50 Å². The van der Waals surface area contributed by atoms with E-state index in [1.165, 1.54) is 6.07 Å². The molecule has 4 nitrogen and oxygen atoms in total. The van der Waals surface area contributed by atoms with Gasteiger partial charge in [0.2, 0.25) is 0 Å². The number of piperidine rings is 1. The molecule has 1 aliphatic heterocycles. The largest absolute Gasteiger partial charge is 0.504 e. The number of methoxy groups -OCH3 is 1. The SMILES string of the molecule is COc1ccc(CN2CCCC(COc3ccccc3F)C2)cc1O. The van der Waals surface area contributed by atoms with Gasteiger partial charge in [0.25, 0.3) is 0 Å². The zero-order valence-corrected chi connectivity index (χ0v) is 14.5. The van der Waals surface area contributed by atoms with Crippen LogP contribution < -0.4 is 9.47 Å². The molecule has 0 amide bonds. The predicted molar refractivity (Wildman–Crippen MR) is 94.6 cm³/mol. The van der Waals surface area contributed by atoms with Crippen molar-refractivity contribution in [2.75, 3.05) is 26.8 Å². The Hall–Kier alpha value is -2.27. The average Bonchev–Trinajstić information content (AvgIpc) is 2.62. The summed E-state index contributed by atoms with van der Waals surface area (Å²) in [7, 11) is 1.54. The van der Waals surface area contributed by atoms with Gasteiger partial charge in [0.05, 0.1) is 13.7 Å². The molecule has 0 aromatic heterocycles. The summed E-state index contributed by atoms with van der Waals surface area (Å²) in [5.74, 6) is 1.03. The Morgan fingerprint density at radius 3 is 2.80 bits per heavy atom. The number of halogens is 1. The highest BCUT2D eigenvalue weighted by molar-refractivity contribution is 5.41. The van der Waals surface area contributed by atoms with Crippen molar-refractivity contribution >= 4 is 0 Å². The van der Waals surface area contributed by atoms with E-state index in [0.29, 0.717) is 24.0 Å². The van der Waals surface area contributed by atoms with E-state index in [1.807, 2.05) is 6.07 Å². The minimum absolute atomic E-state index is 0.163. The molecule has 2 aromatic rings. The van der Waals surface area contributed by atoms with Gasteiger partial charge in [-0.1, -0.05) is 18.2 Å². The number of rotatable bonds is 6. The van der Waals surface area contributed by atoms with Crippen molar-refractivity contribution in [3.63, 3.8) is 0 Å². The molecule has 1 heterocycles. The highest BCUT2D eigenvalue weighted by Crippen LogP contribution is 2.28. The van der Waals surface area contributed by atoms with Gasteiger partial charge < -0.3 is 14.6 Å².